The zero-order valence-electron chi connectivity index (χ0n) is 18.4. The highest BCUT2D eigenvalue weighted by atomic mass is 19.4. The number of anilines is 3. The second kappa shape index (κ2) is 9.61. The average Bonchev–Trinajstić information content (AvgIpc) is 3.17. The van der Waals surface area contributed by atoms with Crippen LogP contribution in [0.2, 0.25) is 0 Å². The van der Waals surface area contributed by atoms with E-state index in [-0.39, 0.29) is 47.2 Å². The molecule has 2 N–H and O–H groups in total. The number of imide groups is 1. The second-order valence-electron chi connectivity index (χ2n) is 7.84. The lowest BCUT2D eigenvalue weighted by Crippen LogP contribution is -2.28. The largest absolute Gasteiger partial charge is 0.418 e. The maximum atomic E-state index is 13.7. The Morgan fingerprint density at radius 2 is 1.28 bits per heavy atom. The van der Waals surface area contributed by atoms with E-state index in [0.717, 1.165) is 23.1 Å². The summed E-state index contributed by atoms with van der Waals surface area (Å²) in [7, 11) is 0. The number of carbonyl (C=O) groups is 4. The molecule has 4 rings (SSSR count). The average molecular weight is 499 g/mol. The first-order chi connectivity index (χ1) is 17.0. The molecule has 0 bridgehead atoms. The molecule has 11 heteroatoms. The number of amides is 4. The molecule has 7 nitrogen and oxygen atoms in total. The summed E-state index contributed by atoms with van der Waals surface area (Å²) in [6, 6.07) is 12.6. The Kier molecular flexibility index (Phi) is 6.56. The Labute approximate surface area is 201 Å². The van der Waals surface area contributed by atoms with Crippen LogP contribution in [0.1, 0.15) is 39.1 Å². The zero-order chi connectivity index (χ0) is 26.0. The molecule has 0 atom stereocenters. The lowest BCUT2D eigenvalue weighted by atomic mass is 10.1. The van der Waals surface area contributed by atoms with Gasteiger partial charge in [0.15, 0.2) is 0 Å². The number of hydrogen-bond donors (Lipinski definition) is 2. The van der Waals surface area contributed by atoms with Gasteiger partial charge in [-0.05, 0) is 66.7 Å². The number of nitrogens with one attached hydrogen (secondary N) is 2. The van der Waals surface area contributed by atoms with Crippen molar-refractivity contribution in [2.45, 2.75) is 19.0 Å². The molecule has 1 heterocycles. The highest BCUT2D eigenvalue weighted by molar-refractivity contribution is 6.20. The SMILES string of the molecule is O=C(Nc1ccc(NC(=O)c2ccc(N3C(=O)CCC3=O)cc2)c(C(F)(F)F)c1)c1ccc(F)cc1. The van der Waals surface area contributed by atoms with E-state index in [2.05, 4.69) is 10.6 Å². The van der Waals surface area contributed by atoms with Crippen LogP contribution in [-0.4, -0.2) is 23.6 Å². The third-order valence-electron chi connectivity index (χ3n) is 5.38. The standard InChI is InChI=1S/C25H17F4N3O4/c26-16-5-1-14(2-6-16)23(35)30-17-7-10-20(19(13-17)25(27,28)29)31-24(36)15-3-8-18(9-4-15)32-21(33)11-12-22(32)34/h1-10,13H,11-12H2,(H,30,35)(H,31,36). The second-order valence-corrected chi connectivity index (χ2v) is 7.84. The summed E-state index contributed by atoms with van der Waals surface area (Å²) in [5.74, 6) is -2.92. The molecule has 0 unspecified atom stereocenters. The molecular weight excluding hydrogens is 482 g/mol. The van der Waals surface area contributed by atoms with E-state index in [1.165, 1.54) is 42.5 Å². The first kappa shape index (κ1) is 24.6. The molecule has 0 saturated carbocycles. The summed E-state index contributed by atoms with van der Waals surface area (Å²) in [5, 5.41) is 4.51. The number of rotatable bonds is 5. The molecule has 184 valence electrons. The smallest absolute Gasteiger partial charge is 0.322 e. The minimum atomic E-state index is -4.86. The fraction of sp³-hybridized carbons (Fsp3) is 0.120. The molecule has 1 saturated heterocycles. The summed E-state index contributed by atoms with van der Waals surface area (Å²) in [5.41, 5.74) is -1.61. The number of halogens is 4. The van der Waals surface area contributed by atoms with Gasteiger partial charge in [-0.25, -0.2) is 4.39 Å². The lowest BCUT2D eigenvalue weighted by Gasteiger charge is -2.17. The van der Waals surface area contributed by atoms with Crippen LogP contribution in [0.4, 0.5) is 34.6 Å². The maximum absolute atomic E-state index is 13.7. The molecule has 0 aromatic heterocycles. The van der Waals surface area contributed by atoms with Gasteiger partial charge in [-0.1, -0.05) is 0 Å². The quantitative estimate of drug-likeness (QED) is 0.382. The van der Waals surface area contributed by atoms with Crippen molar-refractivity contribution >= 4 is 40.7 Å². The summed E-state index contributed by atoms with van der Waals surface area (Å²) in [6.07, 6.45) is -4.69. The molecule has 0 spiro atoms. The number of carbonyl (C=O) groups excluding carboxylic acids is 4. The fourth-order valence-corrected chi connectivity index (χ4v) is 3.59. The molecule has 1 fully saturated rings. The predicted octanol–water partition coefficient (Wildman–Crippen LogP) is 5.00. The van der Waals surface area contributed by atoms with E-state index in [1.807, 2.05) is 0 Å². The van der Waals surface area contributed by atoms with Crippen molar-refractivity contribution < 1.29 is 36.7 Å². The van der Waals surface area contributed by atoms with Gasteiger partial charge in [0.05, 0.1) is 16.9 Å². The van der Waals surface area contributed by atoms with Crippen molar-refractivity contribution in [3.63, 3.8) is 0 Å². The van der Waals surface area contributed by atoms with Crippen molar-refractivity contribution in [3.05, 3.63) is 89.2 Å². The number of hydrogen-bond acceptors (Lipinski definition) is 4. The monoisotopic (exact) mass is 499 g/mol. The number of alkyl halides is 3. The predicted molar refractivity (Wildman–Crippen MR) is 122 cm³/mol. The van der Waals surface area contributed by atoms with E-state index in [9.17, 15) is 36.7 Å². The van der Waals surface area contributed by atoms with Crippen LogP contribution < -0.4 is 15.5 Å². The zero-order valence-corrected chi connectivity index (χ0v) is 18.4. The number of benzene rings is 3. The molecular formula is C25H17F4N3O4. The van der Waals surface area contributed by atoms with Crippen molar-refractivity contribution in [2.24, 2.45) is 0 Å². The molecule has 0 radical (unpaired) electrons. The highest BCUT2D eigenvalue weighted by Gasteiger charge is 2.35. The minimum absolute atomic E-state index is 0.000316. The van der Waals surface area contributed by atoms with Gasteiger partial charge in [0.2, 0.25) is 11.8 Å². The number of nitrogens with zero attached hydrogens (tertiary/aromatic N) is 1. The van der Waals surface area contributed by atoms with Gasteiger partial charge < -0.3 is 10.6 Å². The molecule has 3 aromatic carbocycles. The van der Waals surface area contributed by atoms with E-state index in [4.69, 9.17) is 0 Å². The van der Waals surface area contributed by atoms with Gasteiger partial charge in [-0.2, -0.15) is 13.2 Å². The van der Waals surface area contributed by atoms with Crippen LogP contribution in [-0.2, 0) is 15.8 Å². The van der Waals surface area contributed by atoms with Crippen LogP contribution in [0.5, 0.6) is 0 Å². The van der Waals surface area contributed by atoms with Gasteiger partial charge in [0, 0.05) is 29.7 Å². The maximum Gasteiger partial charge on any atom is 0.418 e. The van der Waals surface area contributed by atoms with Gasteiger partial charge in [-0.3, -0.25) is 24.1 Å². The van der Waals surface area contributed by atoms with Gasteiger partial charge in [0.25, 0.3) is 11.8 Å². The van der Waals surface area contributed by atoms with Crippen LogP contribution in [0, 0.1) is 5.82 Å². The summed E-state index contributed by atoms with van der Waals surface area (Å²) >= 11 is 0. The molecule has 1 aliphatic heterocycles. The van der Waals surface area contributed by atoms with E-state index in [0.29, 0.717) is 6.07 Å². The topological polar surface area (TPSA) is 95.6 Å². The Morgan fingerprint density at radius 3 is 1.83 bits per heavy atom. The molecule has 1 aliphatic rings. The third kappa shape index (κ3) is 5.24. The summed E-state index contributed by atoms with van der Waals surface area (Å²) < 4.78 is 54.2. The summed E-state index contributed by atoms with van der Waals surface area (Å²) in [6.45, 7) is 0. The lowest BCUT2D eigenvalue weighted by molar-refractivity contribution is -0.137. The van der Waals surface area contributed by atoms with Crippen LogP contribution in [0.3, 0.4) is 0 Å². The molecule has 4 amide bonds. The molecule has 3 aromatic rings. The molecule has 36 heavy (non-hydrogen) atoms. The van der Waals surface area contributed by atoms with E-state index in [1.54, 1.807) is 0 Å². The summed E-state index contributed by atoms with van der Waals surface area (Å²) in [4.78, 5) is 49.5. The highest BCUT2D eigenvalue weighted by Crippen LogP contribution is 2.37. The van der Waals surface area contributed by atoms with Crippen LogP contribution in [0.15, 0.2) is 66.7 Å². The van der Waals surface area contributed by atoms with Gasteiger partial charge in [0.1, 0.15) is 5.82 Å². The third-order valence-corrected chi connectivity index (χ3v) is 5.38. The molecule has 0 aliphatic carbocycles. The fourth-order valence-electron chi connectivity index (χ4n) is 3.59. The Hall–Kier alpha value is -4.54. The van der Waals surface area contributed by atoms with Crippen LogP contribution in [0.25, 0.3) is 0 Å². The van der Waals surface area contributed by atoms with Crippen molar-refractivity contribution in [2.75, 3.05) is 15.5 Å². The Morgan fingerprint density at radius 1 is 0.750 bits per heavy atom. The van der Waals surface area contributed by atoms with Crippen LogP contribution >= 0.6 is 0 Å². The minimum Gasteiger partial charge on any atom is -0.322 e. The Bertz CT molecular complexity index is 1340. The van der Waals surface area contributed by atoms with Crippen molar-refractivity contribution in [1.29, 1.82) is 0 Å². The van der Waals surface area contributed by atoms with Crippen molar-refractivity contribution in [1.82, 2.24) is 0 Å². The van der Waals surface area contributed by atoms with Gasteiger partial charge >= 0.3 is 6.18 Å². The van der Waals surface area contributed by atoms with Gasteiger partial charge in [-0.15, -0.1) is 0 Å². The van der Waals surface area contributed by atoms with E-state index < -0.39 is 35.1 Å². The van der Waals surface area contributed by atoms with Crippen molar-refractivity contribution in [3.8, 4) is 0 Å². The van der Waals surface area contributed by atoms with E-state index >= 15 is 0 Å². The normalized spacial score (nSPS) is 13.6. The first-order valence-corrected chi connectivity index (χ1v) is 10.6. The first-order valence-electron chi connectivity index (χ1n) is 10.6. The Balaban J connectivity index is 1.52.